The lowest BCUT2D eigenvalue weighted by Crippen LogP contribution is -2.48. The van der Waals surface area contributed by atoms with Crippen LogP contribution in [0.15, 0.2) is 47.6 Å². The van der Waals surface area contributed by atoms with Gasteiger partial charge in [-0.1, -0.05) is 96.1 Å². The summed E-state index contributed by atoms with van der Waals surface area (Å²) in [7, 11) is -3.86. The molecule has 1 N–H and O–H groups in total. The van der Waals surface area contributed by atoms with Crippen LogP contribution in [0.4, 0.5) is 4.79 Å². The van der Waals surface area contributed by atoms with Crippen LogP contribution in [0.1, 0.15) is 121 Å². The van der Waals surface area contributed by atoms with Crippen molar-refractivity contribution in [3.05, 3.63) is 47.6 Å². The molecule has 6 nitrogen and oxygen atoms in total. The Bertz CT molecular complexity index is 1230. The van der Waals surface area contributed by atoms with Crippen LogP contribution < -0.4 is 0 Å². The van der Waals surface area contributed by atoms with Crippen LogP contribution in [0.5, 0.6) is 0 Å². The summed E-state index contributed by atoms with van der Waals surface area (Å²) in [6, 6.07) is 0. The Morgan fingerprint density at radius 2 is 1.51 bits per heavy atom. The molecule has 6 atom stereocenters. The second-order valence-electron chi connectivity index (χ2n) is 19.0. The van der Waals surface area contributed by atoms with Gasteiger partial charge >= 0.3 is 6.16 Å². The normalized spacial score (nSPS) is 28.8. The van der Waals surface area contributed by atoms with Gasteiger partial charge in [0.1, 0.15) is 11.7 Å². The number of ether oxygens (including phenoxy) is 2. The van der Waals surface area contributed by atoms with Crippen LogP contribution in [0.3, 0.4) is 0 Å². The molecule has 3 aliphatic rings. The highest BCUT2D eigenvalue weighted by Gasteiger charge is 2.50. The monoisotopic (exact) mass is 716 g/mol. The third-order valence-electron chi connectivity index (χ3n) is 12.8. The highest BCUT2D eigenvalue weighted by Crippen LogP contribution is 2.59. The van der Waals surface area contributed by atoms with E-state index < -0.39 is 34.5 Å². The Hall–Kier alpha value is -1.46. The van der Waals surface area contributed by atoms with Crippen molar-refractivity contribution in [3.63, 3.8) is 0 Å². The molecule has 0 aromatic carbocycles. The highest BCUT2D eigenvalue weighted by atomic mass is 28.4. The SMILES string of the molecule is C=C(/C=C/[C@H](O)C(C)(C)OC(=O)OCC)[C@H]1CC[C@H]2/C(=C/C=C3C[C@@H](O[Si](C)(C)C(C)(C)C)C[C@H](O[Si](C)(C)C(C)(C)C)C3)CCC[C@]12C. The Morgan fingerprint density at radius 3 is 2.02 bits per heavy atom. The van der Waals surface area contributed by atoms with E-state index in [0.29, 0.717) is 11.8 Å². The summed E-state index contributed by atoms with van der Waals surface area (Å²) < 4.78 is 24.4. The van der Waals surface area contributed by atoms with Crippen molar-refractivity contribution in [1.29, 1.82) is 0 Å². The molecule has 0 saturated heterocycles. The van der Waals surface area contributed by atoms with Gasteiger partial charge in [0.25, 0.3) is 0 Å². The smallest absolute Gasteiger partial charge is 0.435 e. The summed E-state index contributed by atoms with van der Waals surface area (Å²) >= 11 is 0. The Kier molecular flexibility index (Phi) is 13.4. The van der Waals surface area contributed by atoms with Gasteiger partial charge in [-0.15, -0.1) is 0 Å². The molecule has 8 heteroatoms. The van der Waals surface area contributed by atoms with Gasteiger partial charge in [-0.05, 0) is 126 Å². The second kappa shape index (κ2) is 15.6. The fraction of sp³-hybridized carbons (Fsp3) is 0.780. The van der Waals surface area contributed by atoms with Crippen LogP contribution in [0.2, 0.25) is 36.3 Å². The standard InChI is InChI=1S/C41H72O6Si2/c1-16-44-37(43)45-40(9,10)36(42)24-19-29(2)34-22-23-35-31(18-17-25-41(34,35)11)21-20-30-26-32(46-48(12,13)38(3,4)5)28-33(27-30)47-49(14,15)39(6,7)8/h19-21,24,32-36,42H,2,16-18,22-23,25-28H2,1,3-15H3/b24-19+,31-21+/t32-,33-,34-,35+,36+,41-/m1/s1. The first-order valence-corrected chi connectivity index (χ1v) is 24.8. The van der Waals surface area contributed by atoms with Crippen LogP contribution >= 0.6 is 0 Å². The van der Waals surface area contributed by atoms with Gasteiger partial charge < -0.3 is 23.4 Å². The van der Waals surface area contributed by atoms with Crippen molar-refractivity contribution in [2.75, 3.05) is 6.61 Å². The number of allylic oxidation sites excluding steroid dienone is 5. The summed E-state index contributed by atoms with van der Waals surface area (Å²) in [4.78, 5) is 11.9. The van der Waals surface area contributed by atoms with Crippen LogP contribution in [-0.4, -0.2) is 58.4 Å². The quantitative estimate of drug-likeness (QED) is 0.130. The number of carbonyl (C=O) groups is 1. The van der Waals surface area contributed by atoms with Gasteiger partial charge in [-0.25, -0.2) is 4.79 Å². The largest absolute Gasteiger partial charge is 0.508 e. The van der Waals surface area contributed by atoms with E-state index in [4.69, 9.17) is 18.3 Å². The zero-order valence-corrected chi connectivity index (χ0v) is 35.8. The number of hydrogen-bond donors (Lipinski definition) is 1. The van der Waals surface area contributed by atoms with E-state index in [1.165, 1.54) is 18.4 Å². The van der Waals surface area contributed by atoms with E-state index in [1.807, 2.05) is 6.08 Å². The van der Waals surface area contributed by atoms with E-state index in [-0.39, 0.29) is 34.3 Å². The Balaban J connectivity index is 1.81. The predicted octanol–water partition coefficient (Wildman–Crippen LogP) is 11.4. The van der Waals surface area contributed by atoms with Crippen molar-refractivity contribution in [2.24, 2.45) is 17.3 Å². The second-order valence-corrected chi connectivity index (χ2v) is 28.5. The van der Waals surface area contributed by atoms with Crippen molar-refractivity contribution in [3.8, 4) is 0 Å². The number of aliphatic hydroxyl groups excluding tert-OH is 1. The molecular weight excluding hydrogens is 645 g/mol. The molecule has 0 unspecified atom stereocenters. The molecule has 0 spiro atoms. The first kappa shape index (κ1) is 42.0. The van der Waals surface area contributed by atoms with Gasteiger partial charge in [0.05, 0.1) is 18.8 Å². The topological polar surface area (TPSA) is 74.2 Å². The van der Waals surface area contributed by atoms with Crippen LogP contribution in [-0.2, 0) is 18.3 Å². The maximum atomic E-state index is 11.9. The molecule has 0 aromatic heterocycles. The molecule has 0 bridgehead atoms. The third-order valence-corrected chi connectivity index (χ3v) is 21.9. The molecule has 0 aromatic rings. The molecule has 0 amide bonds. The lowest BCUT2D eigenvalue weighted by molar-refractivity contribution is -0.0656. The van der Waals surface area contributed by atoms with Crippen LogP contribution in [0, 0.1) is 17.3 Å². The fourth-order valence-corrected chi connectivity index (χ4v) is 10.4. The van der Waals surface area contributed by atoms with Gasteiger partial charge in [0.2, 0.25) is 0 Å². The highest BCUT2D eigenvalue weighted by molar-refractivity contribution is 6.74. The average molecular weight is 717 g/mol. The molecule has 0 aliphatic heterocycles. The Morgan fingerprint density at radius 1 is 0.959 bits per heavy atom. The number of hydrogen-bond acceptors (Lipinski definition) is 6. The van der Waals surface area contributed by atoms with E-state index in [2.05, 4.69) is 93.4 Å². The molecule has 3 aliphatic carbocycles. The fourth-order valence-electron chi connectivity index (χ4n) is 7.69. The number of aliphatic hydroxyl groups is 1. The first-order valence-electron chi connectivity index (χ1n) is 19.0. The molecule has 280 valence electrons. The zero-order valence-electron chi connectivity index (χ0n) is 33.8. The van der Waals surface area contributed by atoms with Crippen molar-refractivity contribution in [2.45, 2.75) is 181 Å². The first-order chi connectivity index (χ1) is 22.3. The lowest BCUT2D eigenvalue weighted by atomic mass is 9.62. The summed E-state index contributed by atoms with van der Waals surface area (Å²) in [6.45, 7) is 35.7. The van der Waals surface area contributed by atoms with E-state index in [9.17, 15) is 9.90 Å². The molecule has 0 heterocycles. The van der Waals surface area contributed by atoms with Crippen molar-refractivity contribution >= 4 is 22.8 Å². The average Bonchev–Trinajstić information content (AvgIpc) is 3.30. The maximum Gasteiger partial charge on any atom is 0.508 e. The summed E-state index contributed by atoms with van der Waals surface area (Å²) in [5, 5.41) is 11.2. The van der Waals surface area contributed by atoms with Crippen molar-refractivity contribution in [1.82, 2.24) is 0 Å². The third kappa shape index (κ3) is 10.3. The molecule has 3 fully saturated rings. The molecule has 3 saturated carbocycles. The number of fused-ring (bicyclic) bond motifs is 1. The van der Waals surface area contributed by atoms with E-state index in [1.54, 1.807) is 32.4 Å². The van der Waals surface area contributed by atoms with Crippen LogP contribution in [0.25, 0.3) is 0 Å². The number of rotatable bonds is 11. The number of carbonyl (C=O) groups excluding carboxylic acids is 1. The van der Waals surface area contributed by atoms with E-state index in [0.717, 1.165) is 44.1 Å². The molecule has 0 radical (unpaired) electrons. The van der Waals surface area contributed by atoms with Gasteiger partial charge in [-0.2, -0.15) is 0 Å². The minimum absolute atomic E-state index is 0.125. The van der Waals surface area contributed by atoms with Gasteiger partial charge in [-0.3, -0.25) is 0 Å². The zero-order chi connectivity index (χ0) is 37.2. The minimum Gasteiger partial charge on any atom is -0.435 e. The summed E-state index contributed by atoms with van der Waals surface area (Å²) in [5.41, 5.74) is 3.09. The summed E-state index contributed by atoms with van der Waals surface area (Å²) in [5.74, 6) is 0.856. The minimum atomic E-state index is -1.93. The van der Waals surface area contributed by atoms with Crippen molar-refractivity contribution < 1.29 is 28.2 Å². The molecular formula is C41H72O6Si2. The van der Waals surface area contributed by atoms with Gasteiger partial charge in [0, 0.05) is 0 Å². The molecule has 49 heavy (non-hydrogen) atoms. The predicted molar refractivity (Wildman–Crippen MR) is 209 cm³/mol. The Labute approximate surface area is 302 Å². The van der Waals surface area contributed by atoms with E-state index >= 15 is 0 Å². The lowest BCUT2D eigenvalue weighted by Gasteiger charge is -2.45. The van der Waals surface area contributed by atoms with Gasteiger partial charge in [0.15, 0.2) is 16.6 Å². The maximum absolute atomic E-state index is 11.9. The molecule has 3 rings (SSSR count). The summed E-state index contributed by atoms with van der Waals surface area (Å²) in [6.07, 6.45) is 15.9.